The maximum atomic E-state index is 15.6. The number of ether oxygens (including phenoxy) is 1. The summed E-state index contributed by atoms with van der Waals surface area (Å²) in [5.41, 5.74) is -1.38. The monoisotopic (exact) mass is 916 g/mol. The van der Waals surface area contributed by atoms with E-state index in [2.05, 4.69) is 20.2 Å². The van der Waals surface area contributed by atoms with Crippen LogP contribution in [0.15, 0.2) is 53.3 Å². The van der Waals surface area contributed by atoms with Crippen molar-refractivity contribution in [3.63, 3.8) is 0 Å². The fourth-order valence-corrected chi connectivity index (χ4v) is 10.3. The van der Waals surface area contributed by atoms with E-state index in [0.29, 0.717) is 23.6 Å². The van der Waals surface area contributed by atoms with E-state index in [1.807, 2.05) is 19.9 Å². The van der Waals surface area contributed by atoms with Crippen molar-refractivity contribution < 1.29 is 44.3 Å². The molecule has 1 aliphatic heterocycles. The second-order valence-corrected chi connectivity index (χ2v) is 18.9. The zero-order valence-electron chi connectivity index (χ0n) is 34.0. The lowest BCUT2D eigenvalue weighted by Gasteiger charge is -2.32. The molecule has 1 saturated heterocycles. The van der Waals surface area contributed by atoms with Crippen LogP contribution in [-0.2, 0) is 45.5 Å². The number of aromatic nitrogens is 6. The first-order valence-electron chi connectivity index (χ1n) is 20.0. The Morgan fingerprint density at radius 1 is 1.02 bits per heavy atom. The maximum Gasteiger partial charge on any atom is 0.293 e. The summed E-state index contributed by atoms with van der Waals surface area (Å²) in [7, 11) is -2.43. The van der Waals surface area contributed by atoms with Gasteiger partial charge in [0.2, 0.25) is 15.9 Å². The Kier molecular flexibility index (Phi) is 10.4. The average molecular weight is 917 g/mol. The number of rotatable bonds is 11. The lowest BCUT2D eigenvalue weighted by Crippen LogP contribution is -2.38. The lowest BCUT2D eigenvalue weighted by molar-refractivity contribution is -0.123. The Bertz CT molecular complexity index is 3020. The molecule has 0 bridgehead atoms. The molecule has 9 rings (SSSR count). The van der Waals surface area contributed by atoms with Crippen LogP contribution in [-0.4, -0.2) is 61.9 Å². The summed E-state index contributed by atoms with van der Waals surface area (Å²) < 4.78 is 125. The highest BCUT2D eigenvalue weighted by Crippen LogP contribution is 2.68. The van der Waals surface area contributed by atoms with Crippen LogP contribution in [0.4, 0.5) is 32.2 Å². The quantitative estimate of drug-likeness (QED) is 0.126. The fraction of sp³-hybridized carbons (Fsp3) is 0.405. The number of carbonyl (C=O) groups is 1. The zero-order chi connectivity index (χ0) is 45.0. The van der Waals surface area contributed by atoms with Crippen molar-refractivity contribution in [2.75, 3.05) is 11.0 Å². The maximum absolute atomic E-state index is 15.6. The van der Waals surface area contributed by atoms with Gasteiger partial charge in [-0.05, 0) is 92.5 Å². The molecule has 21 heteroatoms. The third-order valence-corrected chi connectivity index (χ3v) is 12.9. The van der Waals surface area contributed by atoms with Crippen LogP contribution in [0, 0.1) is 17.6 Å². The summed E-state index contributed by atoms with van der Waals surface area (Å²) in [5, 5.41) is 11.0. The minimum absolute atomic E-state index is 0.00374. The molecule has 1 unspecified atom stereocenters. The zero-order valence-corrected chi connectivity index (χ0v) is 35.5. The summed E-state index contributed by atoms with van der Waals surface area (Å²) in [6.07, 6.45) is -1.51. The molecule has 6 aromatic rings. The van der Waals surface area contributed by atoms with E-state index in [9.17, 15) is 30.8 Å². The third-order valence-electron chi connectivity index (χ3n) is 12.0. The van der Waals surface area contributed by atoms with Crippen LogP contribution >= 0.6 is 11.6 Å². The van der Waals surface area contributed by atoms with Gasteiger partial charge < -0.3 is 10.1 Å². The van der Waals surface area contributed by atoms with Gasteiger partial charge in [-0.1, -0.05) is 17.7 Å². The van der Waals surface area contributed by atoms with Gasteiger partial charge in [0, 0.05) is 31.0 Å². The van der Waals surface area contributed by atoms with Crippen molar-refractivity contribution in [1.82, 2.24) is 34.4 Å². The Morgan fingerprint density at radius 2 is 1.71 bits per heavy atom. The Hall–Kier alpha value is -5.47. The predicted molar refractivity (Wildman–Crippen MR) is 220 cm³/mol. The SMILES string of the molecule is C[C@@H]1CC(c2ccc3c(=O)n(-c4ccc(Cl)c5c(NS(C)(=O)=O)nn(C)c45)c([C@H](Cc4cc(F)cc(F)c4)NC(=O)Cn4nc(C(F)F)c5c4C(F)(F)[C@@H]4C[C@H]54)nc3c2)C[C@H](C)O1. The third kappa shape index (κ3) is 7.72. The number of alkyl halides is 4. The molecular weight excluding hydrogens is 878 g/mol. The molecular formula is C42H39ClF6N8O5S. The Morgan fingerprint density at radius 3 is 2.38 bits per heavy atom. The Labute approximate surface area is 360 Å². The van der Waals surface area contributed by atoms with Crippen LogP contribution in [0.3, 0.4) is 0 Å². The van der Waals surface area contributed by atoms with Crippen LogP contribution in [0.25, 0.3) is 27.5 Å². The molecule has 4 heterocycles. The van der Waals surface area contributed by atoms with E-state index in [1.54, 1.807) is 12.1 Å². The van der Waals surface area contributed by atoms with Crippen LogP contribution < -0.4 is 15.6 Å². The summed E-state index contributed by atoms with van der Waals surface area (Å²) in [6, 6.07) is 9.16. The van der Waals surface area contributed by atoms with Gasteiger partial charge in [0.15, 0.2) is 5.82 Å². The van der Waals surface area contributed by atoms with Crippen molar-refractivity contribution in [3.8, 4) is 5.69 Å². The second-order valence-electron chi connectivity index (χ2n) is 16.7. The number of nitrogens with one attached hydrogen (secondary N) is 2. The molecule has 2 fully saturated rings. The fourth-order valence-electron chi connectivity index (χ4n) is 9.53. The van der Waals surface area contributed by atoms with Gasteiger partial charge in [-0.25, -0.2) is 31.0 Å². The minimum Gasteiger partial charge on any atom is -0.376 e. The summed E-state index contributed by atoms with van der Waals surface area (Å²) >= 11 is 6.65. The topological polar surface area (TPSA) is 155 Å². The minimum atomic E-state index is -3.90. The molecule has 3 aromatic carbocycles. The second kappa shape index (κ2) is 15.4. The van der Waals surface area contributed by atoms with Gasteiger partial charge in [-0.2, -0.15) is 19.0 Å². The molecule has 13 nitrogen and oxygen atoms in total. The number of hydrogen-bond acceptors (Lipinski definition) is 8. The van der Waals surface area contributed by atoms with E-state index in [0.717, 1.165) is 28.5 Å². The number of nitrogens with zero attached hydrogens (tertiary/aromatic N) is 6. The highest BCUT2D eigenvalue weighted by atomic mass is 35.5. The molecule has 6 atom stereocenters. The van der Waals surface area contributed by atoms with Crippen molar-refractivity contribution in [2.45, 2.75) is 88.5 Å². The van der Waals surface area contributed by atoms with Gasteiger partial charge >= 0.3 is 0 Å². The number of carbonyl (C=O) groups excluding carboxylic acids is 1. The van der Waals surface area contributed by atoms with Gasteiger partial charge in [0.05, 0.1) is 57.0 Å². The first-order valence-corrected chi connectivity index (χ1v) is 22.3. The molecule has 2 aliphatic carbocycles. The summed E-state index contributed by atoms with van der Waals surface area (Å²) in [5.74, 6) is -8.87. The van der Waals surface area contributed by atoms with Crippen LogP contribution in [0.2, 0.25) is 5.02 Å². The lowest BCUT2D eigenvalue weighted by atomic mass is 9.86. The van der Waals surface area contributed by atoms with E-state index < -0.39 is 87.7 Å². The number of sulfonamides is 1. The largest absolute Gasteiger partial charge is 0.376 e. The highest BCUT2D eigenvalue weighted by molar-refractivity contribution is 7.92. The first-order chi connectivity index (χ1) is 29.7. The average Bonchev–Trinajstić information content (AvgIpc) is 3.72. The van der Waals surface area contributed by atoms with E-state index in [4.69, 9.17) is 21.3 Å². The molecule has 63 heavy (non-hydrogen) atoms. The highest BCUT2D eigenvalue weighted by Gasteiger charge is 2.67. The summed E-state index contributed by atoms with van der Waals surface area (Å²) in [4.78, 5) is 34.3. The number of hydrogen-bond donors (Lipinski definition) is 2. The molecule has 2 N–H and O–H groups in total. The normalized spacial score (nSPS) is 22.1. The number of aryl methyl sites for hydroxylation is 1. The van der Waals surface area contributed by atoms with Crippen LogP contribution in [0.5, 0.6) is 0 Å². The van der Waals surface area contributed by atoms with Gasteiger partial charge in [-0.3, -0.25) is 28.2 Å². The van der Waals surface area contributed by atoms with E-state index >= 15 is 13.6 Å². The number of anilines is 1. The van der Waals surface area contributed by atoms with Crippen LogP contribution in [0.1, 0.15) is 91.3 Å². The van der Waals surface area contributed by atoms with Gasteiger partial charge in [0.25, 0.3) is 17.9 Å². The molecule has 332 valence electrons. The number of halogens is 7. The molecule has 0 radical (unpaired) electrons. The van der Waals surface area contributed by atoms with Gasteiger partial charge in [0.1, 0.15) is 35.4 Å². The summed E-state index contributed by atoms with van der Waals surface area (Å²) in [6.45, 7) is 2.95. The number of benzene rings is 3. The standard InChI is InChI=1S/C42H39ClF6N8O5S/c1-18-9-22(10-19(2)62-18)21-5-6-25-29(14-21)51-40(57(41(25)59)31-8-7-28(43)34-36(31)55(3)53-39(34)54-63(4,60)61)30(13-20-11-23(44)15-24(45)12-20)50-32(58)17-56-37-33(35(52-56)38(46)47)26-16-27(26)42(37,48)49/h5-8,11-12,14-15,18-19,22,26-27,30,38H,9-10,13,16-17H2,1-4H3,(H,50,58)(H,53,54)/t18-,19+,22?,26-,27+,30-/m0/s1. The predicted octanol–water partition coefficient (Wildman–Crippen LogP) is 7.69. The van der Waals surface area contributed by atoms with E-state index in [1.165, 1.54) is 23.9 Å². The van der Waals surface area contributed by atoms with E-state index in [-0.39, 0.29) is 79.8 Å². The molecule has 1 saturated carbocycles. The van der Waals surface area contributed by atoms with Crippen molar-refractivity contribution in [2.24, 2.45) is 13.0 Å². The molecule has 0 spiro atoms. The molecule has 3 aliphatic rings. The molecule has 3 aromatic heterocycles. The first kappa shape index (κ1) is 42.8. The number of amides is 1. The van der Waals surface area contributed by atoms with Crippen molar-refractivity contribution >= 4 is 55.2 Å². The number of fused-ring (bicyclic) bond motifs is 5. The van der Waals surface area contributed by atoms with Crippen molar-refractivity contribution in [1.29, 1.82) is 0 Å². The van der Waals surface area contributed by atoms with Gasteiger partial charge in [-0.15, -0.1) is 0 Å². The molecule has 1 amide bonds. The Balaban J connectivity index is 1.24. The van der Waals surface area contributed by atoms with Crippen molar-refractivity contribution in [3.05, 3.63) is 109 Å². The smallest absolute Gasteiger partial charge is 0.293 e.